The molecule has 0 saturated carbocycles. The van der Waals surface area contributed by atoms with Gasteiger partial charge < -0.3 is 4.74 Å². The van der Waals surface area contributed by atoms with Gasteiger partial charge in [0, 0.05) is 6.21 Å². The minimum Gasteiger partial charge on any atom is -0.495 e. The molecular weight excluding hydrogens is 150 g/mol. The molecule has 2 heteroatoms. The number of rotatable bonds is 5. The molecule has 0 saturated heterocycles. The van der Waals surface area contributed by atoms with Gasteiger partial charge in [-0.3, -0.25) is 4.99 Å². The van der Waals surface area contributed by atoms with Crippen LogP contribution in [-0.2, 0) is 4.74 Å². The Morgan fingerprint density at radius 2 is 2.08 bits per heavy atom. The summed E-state index contributed by atoms with van der Waals surface area (Å²) in [5.74, 6) is 0.766. The zero-order valence-corrected chi connectivity index (χ0v) is 8.13. The monoisotopic (exact) mass is 167 g/mol. The van der Waals surface area contributed by atoms with Gasteiger partial charge >= 0.3 is 0 Å². The standard InChI is InChI=1S/C10H17NO/c1-5-7-10(12-4)9(3)11-8-6-2/h7-8H,3,5-6H2,1-2,4H3/b10-7+,11-8-. The van der Waals surface area contributed by atoms with Crippen LogP contribution < -0.4 is 0 Å². The average molecular weight is 167 g/mol. The lowest BCUT2D eigenvalue weighted by atomic mass is 10.3. The van der Waals surface area contributed by atoms with E-state index >= 15 is 0 Å². The number of hydrogen-bond donors (Lipinski definition) is 0. The number of ether oxygens (including phenoxy) is 1. The summed E-state index contributed by atoms with van der Waals surface area (Å²) in [7, 11) is 1.63. The van der Waals surface area contributed by atoms with Crippen molar-refractivity contribution in [3.63, 3.8) is 0 Å². The largest absolute Gasteiger partial charge is 0.495 e. The van der Waals surface area contributed by atoms with Gasteiger partial charge in [0.15, 0.2) is 0 Å². The lowest BCUT2D eigenvalue weighted by Crippen LogP contribution is -1.89. The van der Waals surface area contributed by atoms with Crippen LogP contribution >= 0.6 is 0 Å². The molecule has 0 aliphatic rings. The Kier molecular flexibility index (Phi) is 6.07. The summed E-state index contributed by atoms with van der Waals surface area (Å²) in [5, 5.41) is 0. The van der Waals surface area contributed by atoms with Crippen molar-refractivity contribution in [1.82, 2.24) is 0 Å². The Bertz CT molecular complexity index is 192. The van der Waals surface area contributed by atoms with E-state index in [1.54, 1.807) is 7.11 Å². The highest BCUT2D eigenvalue weighted by Crippen LogP contribution is 2.10. The van der Waals surface area contributed by atoms with Gasteiger partial charge in [0.2, 0.25) is 0 Å². The zero-order valence-electron chi connectivity index (χ0n) is 8.13. The number of nitrogens with zero attached hydrogens (tertiary/aromatic N) is 1. The number of allylic oxidation sites excluding steroid dienone is 1. The highest BCUT2D eigenvalue weighted by Gasteiger charge is 1.97. The first-order valence-corrected chi connectivity index (χ1v) is 4.22. The number of hydrogen-bond acceptors (Lipinski definition) is 2. The van der Waals surface area contributed by atoms with E-state index in [9.17, 15) is 0 Å². The molecule has 0 aliphatic heterocycles. The maximum absolute atomic E-state index is 5.10. The second-order valence-electron chi connectivity index (χ2n) is 2.35. The normalized spacial score (nSPS) is 12.1. The van der Waals surface area contributed by atoms with Crippen LogP contribution in [0.25, 0.3) is 0 Å². The molecule has 0 amide bonds. The quantitative estimate of drug-likeness (QED) is 0.350. The molecule has 0 aliphatic carbocycles. The summed E-state index contributed by atoms with van der Waals surface area (Å²) >= 11 is 0. The lowest BCUT2D eigenvalue weighted by molar-refractivity contribution is 0.299. The first-order chi connectivity index (χ1) is 5.76. The van der Waals surface area contributed by atoms with Crippen molar-refractivity contribution in [2.24, 2.45) is 4.99 Å². The molecule has 0 spiro atoms. The van der Waals surface area contributed by atoms with Crippen LogP contribution in [0.15, 0.2) is 29.1 Å². The van der Waals surface area contributed by atoms with Crippen LogP contribution in [0.4, 0.5) is 0 Å². The maximum Gasteiger partial charge on any atom is 0.139 e. The van der Waals surface area contributed by atoms with E-state index in [4.69, 9.17) is 4.74 Å². The summed E-state index contributed by atoms with van der Waals surface area (Å²) in [4.78, 5) is 4.12. The third kappa shape index (κ3) is 3.96. The Hall–Kier alpha value is -1.05. The van der Waals surface area contributed by atoms with Gasteiger partial charge in [-0.15, -0.1) is 0 Å². The van der Waals surface area contributed by atoms with Gasteiger partial charge in [-0.05, 0) is 18.9 Å². The van der Waals surface area contributed by atoms with E-state index < -0.39 is 0 Å². The average Bonchev–Trinajstić information content (AvgIpc) is 2.10. The van der Waals surface area contributed by atoms with Crippen LogP contribution in [0.1, 0.15) is 26.7 Å². The van der Waals surface area contributed by atoms with Crippen LogP contribution in [0.2, 0.25) is 0 Å². The second kappa shape index (κ2) is 6.65. The van der Waals surface area contributed by atoms with Crippen molar-refractivity contribution in [1.29, 1.82) is 0 Å². The Balaban J connectivity index is 4.22. The zero-order chi connectivity index (χ0) is 9.40. The van der Waals surface area contributed by atoms with Gasteiger partial charge in [0.1, 0.15) is 5.76 Å². The molecule has 0 aromatic heterocycles. The van der Waals surface area contributed by atoms with Crippen molar-refractivity contribution < 1.29 is 4.74 Å². The van der Waals surface area contributed by atoms with Gasteiger partial charge in [0.05, 0.1) is 12.8 Å². The van der Waals surface area contributed by atoms with Crippen LogP contribution in [-0.4, -0.2) is 13.3 Å². The summed E-state index contributed by atoms with van der Waals surface area (Å²) in [5.41, 5.74) is 0.696. The third-order valence-corrected chi connectivity index (χ3v) is 1.32. The summed E-state index contributed by atoms with van der Waals surface area (Å²) in [6.07, 6.45) is 5.65. The highest BCUT2D eigenvalue weighted by molar-refractivity contribution is 5.59. The predicted molar refractivity (Wildman–Crippen MR) is 53.3 cm³/mol. The summed E-state index contributed by atoms with van der Waals surface area (Å²) in [6.45, 7) is 7.88. The van der Waals surface area contributed by atoms with Gasteiger partial charge in [-0.25, -0.2) is 0 Å². The summed E-state index contributed by atoms with van der Waals surface area (Å²) in [6, 6.07) is 0. The number of methoxy groups -OCH3 is 1. The van der Waals surface area contributed by atoms with Crippen molar-refractivity contribution in [2.45, 2.75) is 26.7 Å². The van der Waals surface area contributed by atoms with Crippen molar-refractivity contribution in [3.05, 3.63) is 24.1 Å². The predicted octanol–water partition coefficient (Wildman–Crippen LogP) is 2.92. The topological polar surface area (TPSA) is 21.6 Å². The molecule has 0 N–H and O–H groups in total. The SMILES string of the molecule is C=C(/N=C\CC)/C(=C\CC)OC. The molecule has 0 unspecified atom stereocenters. The molecule has 0 atom stereocenters. The molecule has 0 aromatic carbocycles. The minimum atomic E-state index is 0.696. The van der Waals surface area contributed by atoms with E-state index in [-0.39, 0.29) is 0 Å². The van der Waals surface area contributed by atoms with Crippen molar-refractivity contribution >= 4 is 6.21 Å². The summed E-state index contributed by atoms with van der Waals surface area (Å²) < 4.78 is 5.10. The van der Waals surface area contributed by atoms with Crippen LogP contribution in [0.5, 0.6) is 0 Å². The van der Waals surface area contributed by atoms with Gasteiger partial charge in [-0.2, -0.15) is 0 Å². The maximum atomic E-state index is 5.10. The molecule has 12 heavy (non-hydrogen) atoms. The molecule has 2 nitrogen and oxygen atoms in total. The van der Waals surface area contributed by atoms with Gasteiger partial charge in [0.25, 0.3) is 0 Å². The fourth-order valence-electron chi connectivity index (χ4n) is 0.769. The molecule has 0 rings (SSSR count). The Labute approximate surface area is 74.7 Å². The molecular formula is C10H17NO. The van der Waals surface area contributed by atoms with Crippen molar-refractivity contribution in [3.8, 4) is 0 Å². The smallest absolute Gasteiger partial charge is 0.139 e. The third-order valence-electron chi connectivity index (χ3n) is 1.32. The second-order valence-corrected chi connectivity index (χ2v) is 2.35. The van der Waals surface area contributed by atoms with E-state index in [1.165, 1.54) is 0 Å². The Morgan fingerprint density at radius 1 is 1.42 bits per heavy atom. The first-order valence-electron chi connectivity index (χ1n) is 4.22. The lowest BCUT2D eigenvalue weighted by Gasteiger charge is -2.03. The van der Waals surface area contributed by atoms with Gasteiger partial charge in [-0.1, -0.05) is 20.4 Å². The van der Waals surface area contributed by atoms with E-state index in [2.05, 4.69) is 18.5 Å². The molecule has 0 heterocycles. The van der Waals surface area contributed by atoms with Crippen LogP contribution in [0.3, 0.4) is 0 Å². The molecule has 0 radical (unpaired) electrons. The molecule has 0 fully saturated rings. The van der Waals surface area contributed by atoms with E-state index in [0.717, 1.165) is 18.6 Å². The fourth-order valence-corrected chi connectivity index (χ4v) is 0.769. The van der Waals surface area contributed by atoms with E-state index in [1.807, 2.05) is 19.2 Å². The minimum absolute atomic E-state index is 0.696. The van der Waals surface area contributed by atoms with Crippen LogP contribution in [0, 0.1) is 0 Å². The first kappa shape index (κ1) is 11.0. The molecule has 68 valence electrons. The molecule has 0 aromatic rings. The fraction of sp³-hybridized carbons (Fsp3) is 0.500. The number of aliphatic imine (C=N–C) groups is 1. The highest BCUT2D eigenvalue weighted by atomic mass is 16.5. The van der Waals surface area contributed by atoms with Crippen molar-refractivity contribution in [2.75, 3.05) is 7.11 Å². The Morgan fingerprint density at radius 3 is 2.50 bits per heavy atom. The molecule has 0 bridgehead atoms. The van der Waals surface area contributed by atoms with E-state index in [0.29, 0.717) is 5.70 Å².